The molecule has 2 rings (SSSR count). The number of allylic oxidation sites excluding steroid dienone is 1. The van der Waals surface area contributed by atoms with E-state index in [1.807, 2.05) is 0 Å². The van der Waals surface area contributed by atoms with Crippen LogP contribution in [0.3, 0.4) is 0 Å². The summed E-state index contributed by atoms with van der Waals surface area (Å²) in [5.74, 6) is -0.688. The van der Waals surface area contributed by atoms with Crippen molar-refractivity contribution in [2.75, 3.05) is 0 Å². The Kier molecular flexibility index (Phi) is 5.17. The summed E-state index contributed by atoms with van der Waals surface area (Å²) < 4.78 is 45.2. The molecule has 1 atom stereocenters. The number of alkyl halides is 3. The molecule has 0 fully saturated rings. The number of halogens is 3. The minimum Gasteiger partial charge on any atom is -0.459 e. The summed E-state index contributed by atoms with van der Waals surface area (Å²) in [6.45, 7) is 4.91. The van der Waals surface area contributed by atoms with Crippen molar-refractivity contribution in [3.8, 4) is 0 Å². The zero-order valence-electron chi connectivity index (χ0n) is 13.3. The first-order chi connectivity index (χ1) is 11.1. The number of esters is 1. The summed E-state index contributed by atoms with van der Waals surface area (Å²) in [5.41, 5.74) is -0.459. The van der Waals surface area contributed by atoms with Crippen LogP contribution < -0.4 is 10.6 Å². The summed E-state index contributed by atoms with van der Waals surface area (Å²) in [7, 11) is 0. The number of rotatable bonds is 3. The minimum atomic E-state index is -4.55. The van der Waals surface area contributed by atoms with Crippen LogP contribution in [-0.2, 0) is 15.7 Å². The first kappa shape index (κ1) is 18.3. The zero-order valence-corrected chi connectivity index (χ0v) is 14.1. The van der Waals surface area contributed by atoms with Gasteiger partial charge in [0.15, 0.2) is 5.11 Å². The lowest BCUT2D eigenvalue weighted by atomic mass is 9.91. The van der Waals surface area contributed by atoms with Gasteiger partial charge in [0, 0.05) is 5.70 Å². The highest BCUT2D eigenvalue weighted by molar-refractivity contribution is 7.80. The van der Waals surface area contributed by atoms with Gasteiger partial charge in [-0.3, -0.25) is 0 Å². The minimum absolute atomic E-state index is 0.0778. The van der Waals surface area contributed by atoms with Crippen molar-refractivity contribution >= 4 is 23.3 Å². The van der Waals surface area contributed by atoms with Crippen LogP contribution in [-0.4, -0.2) is 17.2 Å². The highest BCUT2D eigenvalue weighted by Gasteiger charge is 2.39. The summed E-state index contributed by atoms with van der Waals surface area (Å²) >= 11 is 5.03. The van der Waals surface area contributed by atoms with Gasteiger partial charge in [-0.2, -0.15) is 13.2 Å². The van der Waals surface area contributed by atoms with Gasteiger partial charge < -0.3 is 15.4 Å². The van der Waals surface area contributed by atoms with E-state index in [2.05, 4.69) is 10.6 Å². The van der Waals surface area contributed by atoms with Gasteiger partial charge in [-0.15, -0.1) is 0 Å². The number of hydrogen-bond donors (Lipinski definition) is 2. The Morgan fingerprint density at radius 1 is 1.29 bits per heavy atom. The molecule has 1 aliphatic heterocycles. The molecule has 1 aromatic carbocycles. The summed E-state index contributed by atoms with van der Waals surface area (Å²) in [6, 6.07) is 4.04. The molecule has 0 saturated carbocycles. The Balaban J connectivity index is 2.56. The summed E-state index contributed by atoms with van der Waals surface area (Å²) in [5, 5.41) is 5.65. The zero-order chi connectivity index (χ0) is 18.1. The first-order valence-corrected chi connectivity index (χ1v) is 7.67. The SMILES string of the molecule is CC1=C(C(=O)OC(C)C)[C@H](c2ccccc2C(F)(F)F)NC(=S)N1. The molecule has 24 heavy (non-hydrogen) atoms. The Hall–Kier alpha value is -2.09. The van der Waals surface area contributed by atoms with E-state index in [-0.39, 0.29) is 16.2 Å². The molecular weight excluding hydrogens is 341 g/mol. The second-order valence-electron chi connectivity index (χ2n) is 5.61. The number of ether oxygens (including phenoxy) is 1. The second-order valence-corrected chi connectivity index (χ2v) is 6.02. The number of thiocarbonyl (C=S) groups is 1. The van der Waals surface area contributed by atoms with Gasteiger partial charge in [-0.05, 0) is 44.6 Å². The van der Waals surface area contributed by atoms with E-state index < -0.39 is 29.9 Å². The number of benzene rings is 1. The predicted octanol–water partition coefficient (Wildman–Crippen LogP) is 3.45. The number of hydrogen-bond acceptors (Lipinski definition) is 3. The predicted molar refractivity (Wildman–Crippen MR) is 87.0 cm³/mol. The van der Waals surface area contributed by atoms with Crippen LogP contribution >= 0.6 is 12.2 Å². The van der Waals surface area contributed by atoms with E-state index in [0.717, 1.165) is 6.07 Å². The molecule has 130 valence electrons. The molecule has 8 heteroatoms. The van der Waals surface area contributed by atoms with Gasteiger partial charge in [0.05, 0.1) is 23.3 Å². The Labute approximate surface area is 143 Å². The molecule has 0 unspecified atom stereocenters. The number of carbonyl (C=O) groups is 1. The van der Waals surface area contributed by atoms with Crippen molar-refractivity contribution in [1.82, 2.24) is 10.6 Å². The molecule has 1 aromatic rings. The maximum absolute atomic E-state index is 13.3. The molecule has 1 heterocycles. The molecular formula is C16H17F3N2O2S. The van der Waals surface area contributed by atoms with Crippen molar-refractivity contribution in [2.24, 2.45) is 0 Å². The van der Waals surface area contributed by atoms with Gasteiger partial charge in [-0.25, -0.2) is 4.79 Å². The van der Waals surface area contributed by atoms with Crippen LogP contribution in [0.15, 0.2) is 35.5 Å². The van der Waals surface area contributed by atoms with Crippen LogP contribution in [0.2, 0.25) is 0 Å². The molecule has 0 spiro atoms. The van der Waals surface area contributed by atoms with Gasteiger partial charge >= 0.3 is 12.1 Å². The lowest BCUT2D eigenvalue weighted by Gasteiger charge is -2.31. The highest BCUT2D eigenvalue weighted by Crippen LogP contribution is 2.38. The van der Waals surface area contributed by atoms with E-state index in [0.29, 0.717) is 5.70 Å². The third kappa shape index (κ3) is 3.87. The van der Waals surface area contributed by atoms with E-state index >= 15 is 0 Å². The van der Waals surface area contributed by atoms with Crippen LogP contribution in [0.1, 0.15) is 37.9 Å². The van der Waals surface area contributed by atoms with Crippen molar-refractivity contribution in [1.29, 1.82) is 0 Å². The van der Waals surface area contributed by atoms with E-state index in [1.165, 1.54) is 18.2 Å². The number of nitrogens with one attached hydrogen (secondary N) is 2. The van der Waals surface area contributed by atoms with Crippen LogP contribution in [0.5, 0.6) is 0 Å². The topological polar surface area (TPSA) is 50.4 Å². The van der Waals surface area contributed by atoms with E-state index in [9.17, 15) is 18.0 Å². The average Bonchev–Trinajstić information content (AvgIpc) is 2.44. The molecule has 2 N–H and O–H groups in total. The Morgan fingerprint density at radius 3 is 2.50 bits per heavy atom. The molecule has 0 saturated heterocycles. The molecule has 1 aliphatic rings. The molecule has 0 aromatic heterocycles. The molecule has 4 nitrogen and oxygen atoms in total. The fourth-order valence-electron chi connectivity index (χ4n) is 2.48. The average molecular weight is 358 g/mol. The summed E-state index contributed by atoms with van der Waals surface area (Å²) in [4.78, 5) is 12.4. The van der Waals surface area contributed by atoms with Crippen molar-refractivity contribution in [3.63, 3.8) is 0 Å². The van der Waals surface area contributed by atoms with Crippen molar-refractivity contribution < 1.29 is 22.7 Å². The molecule has 0 bridgehead atoms. The third-order valence-electron chi connectivity index (χ3n) is 3.41. The van der Waals surface area contributed by atoms with Crippen molar-refractivity contribution in [3.05, 3.63) is 46.7 Å². The Morgan fingerprint density at radius 2 is 1.92 bits per heavy atom. The normalized spacial score (nSPS) is 18.3. The first-order valence-electron chi connectivity index (χ1n) is 7.26. The van der Waals surface area contributed by atoms with Gasteiger partial charge in [-0.1, -0.05) is 18.2 Å². The highest BCUT2D eigenvalue weighted by atomic mass is 32.1. The van der Waals surface area contributed by atoms with Crippen LogP contribution in [0.25, 0.3) is 0 Å². The smallest absolute Gasteiger partial charge is 0.416 e. The van der Waals surface area contributed by atoms with E-state index in [1.54, 1.807) is 20.8 Å². The molecule has 0 aliphatic carbocycles. The lowest BCUT2D eigenvalue weighted by molar-refractivity contribution is -0.144. The standard InChI is InChI=1S/C16H17F3N2O2S/c1-8(2)23-14(22)12-9(3)20-15(24)21-13(12)10-6-4-5-7-11(10)16(17,18)19/h4-8,13H,1-3H3,(H2,20,21,24)/t13-/m0/s1. The maximum atomic E-state index is 13.3. The Bertz CT molecular complexity index is 699. The lowest BCUT2D eigenvalue weighted by Crippen LogP contribution is -2.45. The monoisotopic (exact) mass is 358 g/mol. The fourth-order valence-corrected chi connectivity index (χ4v) is 2.75. The quantitative estimate of drug-likeness (QED) is 0.640. The molecule has 0 amide bonds. The fraction of sp³-hybridized carbons (Fsp3) is 0.375. The summed E-state index contributed by atoms with van der Waals surface area (Å²) in [6.07, 6.45) is -4.95. The van der Waals surface area contributed by atoms with Gasteiger partial charge in [0.1, 0.15) is 0 Å². The van der Waals surface area contributed by atoms with Gasteiger partial charge in [0.25, 0.3) is 0 Å². The van der Waals surface area contributed by atoms with E-state index in [4.69, 9.17) is 17.0 Å². The van der Waals surface area contributed by atoms with Crippen molar-refractivity contribution in [2.45, 2.75) is 39.1 Å². The maximum Gasteiger partial charge on any atom is 0.416 e. The second kappa shape index (κ2) is 6.80. The van der Waals surface area contributed by atoms with Crippen LogP contribution in [0.4, 0.5) is 13.2 Å². The largest absolute Gasteiger partial charge is 0.459 e. The number of carbonyl (C=O) groups excluding carboxylic acids is 1. The van der Waals surface area contributed by atoms with Gasteiger partial charge in [0.2, 0.25) is 0 Å². The molecule has 0 radical (unpaired) electrons. The third-order valence-corrected chi connectivity index (χ3v) is 3.63. The van der Waals surface area contributed by atoms with Crippen LogP contribution in [0, 0.1) is 0 Å².